The van der Waals surface area contributed by atoms with Crippen LogP contribution in [0.15, 0.2) is 97.5 Å². The molecule has 4 rings (SSSR count). The van der Waals surface area contributed by atoms with Gasteiger partial charge < -0.3 is 4.42 Å². The van der Waals surface area contributed by atoms with Gasteiger partial charge in [-0.1, -0.05) is 54.6 Å². The van der Waals surface area contributed by atoms with Crippen LogP contribution in [0.1, 0.15) is 11.3 Å². The second-order valence-corrected chi connectivity index (χ2v) is 11.1. The van der Waals surface area contributed by atoms with E-state index in [0.29, 0.717) is 9.97 Å². The first-order valence-electron chi connectivity index (χ1n) is 8.94. The summed E-state index contributed by atoms with van der Waals surface area (Å²) in [5, 5.41) is 0. The molecule has 0 saturated carbocycles. The fraction of sp³-hybridized carbons (Fsp3) is 0.0909. The number of rotatable bonds is 7. The fourth-order valence-corrected chi connectivity index (χ4v) is 6.56. The van der Waals surface area contributed by atoms with Crippen LogP contribution in [0.5, 0.6) is 0 Å². The number of nitrogens with zero attached hydrogens (tertiary/aromatic N) is 1. The second kappa shape index (κ2) is 8.67. The Morgan fingerprint density at radius 2 is 1.55 bits per heavy atom. The standard InChI is InChI=1S/C22H18BrNO3S2/c23-21-12-13-22(28-21)29(25,26)24(16-20-7-4-14-27-20)15-17-8-10-19(11-9-17)18-5-2-1-3-6-18/h1-14H,15-16H2. The third-order valence-corrected chi connectivity index (χ3v) is 8.36. The summed E-state index contributed by atoms with van der Waals surface area (Å²) < 4.78 is 34.4. The topological polar surface area (TPSA) is 50.5 Å². The molecule has 0 spiro atoms. The molecule has 2 aromatic carbocycles. The van der Waals surface area contributed by atoms with Crippen molar-refractivity contribution in [3.63, 3.8) is 0 Å². The van der Waals surface area contributed by atoms with Crippen molar-refractivity contribution in [2.45, 2.75) is 17.3 Å². The van der Waals surface area contributed by atoms with Gasteiger partial charge in [0.25, 0.3) is 10.0 Å². The van der Waals surface area contributed by atoms with Gasteiger partial charge in [-0.2, -0.15) is 4.31 Å². The van der Waals surface area contributed by atoms with Crippen molar-refractivity contribution >= 4 is 37.3 Å². The van der Waals surface area contributed by atoms with Gasteiger partial charge in [0.05, 0.1) is 16.6 Å². The van der Waals surface area contributed by atoms with E-state index in [1.807, 2.05) is 42.5 Å². The van der Waals surface area contributed by atoms with E-state index in [1.54, 1.807) is 30.5 Å². The van der Waals surface area contributed by atoms with Crippen molar-refractivity contribution in [3.8, 4) is 11.1 Å². The molecule has 0 aliphatic heterocycles. The Morgan fingerprint density at radius 3 is 2.17 bits per heavy atom. The quantitative estimate of drug-likeness (QED) is 0.313. The van der Waals surface area contributed by atoms with Crippen molar-refractivity contribution in [3.05, 3.63) is 100 Å². The predicted molar refractivity (Wildman–Crippen MR) is 119 cm³/mol. The van der Waals surface area contributed by atoms with E-state index >= 15 is 0 Å². The maximum atomic E-state index is 13.2. The van der Waals surface area contributed by atoms with E-state index in [0.717, 1.165) is 20.5 Å². The number of benzene rings is 2. The van der Waals surface area contributed by atoms with Crippen molar-refractivity contribution < 1.29 is 12.8 Å². The van der Waals surface area contributed by atoms with E-state index in [-0.39, 0.29) is 13.1 Å². The monoisotopic (exact) mass is 487 g/mol. The van der Waals surface area contributed by atoms with Gasteiger partial charge in [0.2, 0.25) is 0 Å². The number of furan rings is 1. The first-order valence-corrected chi connectivity index (χ1v) is 12.0. The Labute approximate surface area is 182 Å². The highest BCUT2D eigenvalue weighted by Crippen LogP contribution is 2.30. The summed E-state index contributed by atoms with van der Waals surface area (Å²) in [5.41, 5.74) is 3.13. The summed E-state index contributed by atoms with van der Waals surface area (Å²) in [7, 11) is -3.65. The summed E-state index contributed by atoms with van der Waals surface area (Å²) in [4.78, 5) is 0. The number of hydrogen-bond donors (Lipinski definition) is 0. The van der Waals surface area contributed by atoms with Gasteiger partial charge in [-0.15, -0.1) is 11.3 Å². The van der Waals surface area contributed by atoms with Gasteiger partial charge in [-0.05, 0) is 56.9 Å². The largest absolute Gasteiger partial charge is 0.468 e. The Hall–Kier alpha value is -2.19. The molecule has 0 saturated heterocycles. The third-order valence-electron chi connectivity index (χ3n) is 4.47. The number of sulfonamides is 1. The molecule has 148 valence electrons. The predicted octanol–water partition coefficient (Wildman–Crippen LogP) is 6.16. The van der Waals surface area contributed by atoms with Gasteiger partial charge in [-0.25, -0.2) is 8.42 Å². The molecule has 0 aliphatic rings. The van der Waals surface area contributed by atoms with E-state index < -0.39 is 10.0 Å². The molecule has 2 heterocycles. The zero-order valence-corrected chi connectivity index (χ0v) is 18.6. The van der Waals surface area contributed by atoms with E-state index in [9.17, 15) is 8.42 Å². The maximum Gasteiger partial charge on any atom is 0.253 e. The first kappa shape index (κ1) is 20.1. The van der Waals surface area contributed by atoms with Crippen molar-refractivity contribution in [1.29, 1.82) is 0 Å². The van der Waals surface area contributed by atoms with Crippen LogP contribution >= 0.6 is 27.3 Å². The average Bonchev–Trinajstić information content (AvgIpc) is 3.41. The van der Waals surface area contributed by atoms with E-state index in [4.69, 9.17) is 4.42 Å². The van der Waals surface area contributed by atoms with Gasteiger partial charge in [0.15, 0.2) is 0 Å². The number of hydrogen-bond acceptors (Lipinski definition) is 4. The van der Waals surface area contributed by atoms with Gasteiger partial charge in [0, 0.05) is 6.54 Å². The molecule has 0 aliphatic carbocycles. The van der Waals surface area contributed by atoms with Crippen LogP contribution < -0.4 is 0 Å². The summed E-state index contributed by atoms with van der Waals surface area (Å²) >= 11 is 4.55. The molecule has 0 bridgehead atoms. The lowest BCUT2D eigenvalue weighted by atomic mass is 10.0. The summed E-state index contributed by atoms with van der Waals surface area (Å²) in [6, 6.07) is 25.0. The molecule has 4 aromatic rings. The summed E-state index contributed by atoms with van der Waals surface area (Å²) in [6.45, 7) is 0.429. The van der Waals surface area contributed by atoms with Crippen LogP contribution in [0.3, 0.4) is 0 Å². The lowest BCUT2D eigenvalue weighted by Gasteiger charge is -2.20. The van der Waals surface area contributed by atoms with Crippen LogP contribution in [0, 0.1) is 0 Å². The minimum Gasteiger partial charge on any atom is -0.468 e. The van der Waals surface area contributed by atoms with Gasteiger partial charge >= 0.3 is 0 Å². The Morgan fingerprint density at radius 1 is 0.828 bits per heavy atom. The molecule has 0 unspecified atom stereocenters. The van der Waals surface area contributed by atoms with Crippen LogP contribution in [-0.4, -0.2) is 12.7 Å². The molecule has 4 nitrogen and oxygen atoms in total. The second-order valence-electron chi connectivity index (χ2n) is 6.47. The molecule has 0 atom stereocenters. The summed E-state index contributed by atoms with van der Waals surface area (Å²) in [5.74, 6) is 0.602. The molecule has 0 amide bonds. The van der Waals surface area contributed by atoms with Crippen LogP contribution in [-0.2, 0) is 23.1 Å². The Kier molecular flexibility index (Phi) is 6.01. The van der Waals surface area contributed by atoms with Crippen molar-refractivity contribution in [2.24, 2.45) is 0 Å². The maximum absolute atomic E-state index is 13.2. The third kappa shape index (κ3) is 4.70. The lowest BCUT2D eigenvalue weighted by Crippen LogP contribution is -2.29. The normalized spacial score (nSPS) is 11.8. The van der Waals surface area contributed by atoms with Gasteiger partial charge in [0.1, 0.15) is 9.97 Å². The van der Waals surface area contributed by atoms with Crippen molar-refractivity contribution in [2.75, 3.05) is 0 Å². The first-order chi connectivity index (χ1) is 14.0. The van der Waals surface area contributed by atoms with Crippen LogP contribution in [0.25, 0.3) is 11.1 Å². The zero-order chi connectivity index (χ0) is 20.3. The molecular formula is C22H18BrNO3S2. The van der Waals surface area contributed by atoms with Gasteiger partial charge in [-0.3, -0.25) is 0 Å². The lowest BCUT2D eigenvalue weighted by molar-refractivity contribution is 0.359. The van der Waals surface area contributed by atoms with Crippen molar-refractivity contribution in [1.82, 2.24) is 4.31 Å². The minimum atomic E-state index is -3.65. The highest BCUT2D eigenvalue weighted by molar-refractivity contribution is 9.11. The highest BCUT2D eigenvalue weighted by Gasteiger charge is 2.27. The SMILES string of the molecule is O=S(=O)(c1ccc(Br)s1)N(Cc1ccc(-c2ccccc2)cc1)Cc1ccco1. The molecule has 7 heteroatoms. The molecule has 0 N–H and O–H groups in total. The van der Waals surface area contributed by atoms with E-state index in [1.165, 1.54) is 15.6 Å². The van der Waals surface area contributed by atoms with E-state index in [2.05, 4.69) is 28.1 Å². The molecule has 0 radical (unpaired) electrons. The van der Waals surface area contributed by atoms with Crippen LogP contribution in [0.4, 0.5) is 0 Å². The Balaban J connectivity index is 1.61. The minimum absolute atomic E-state index is 0.172. The number of halogens is 1. The van der Waals surface area contributed by atoms with Crippen LogP contribution in [0.2, 0.25) is 0 Å². The summed E-state index contributed by atoms with van der Waals surface area (Å²) in [6.07, 6.45) is 1.55. The molecule has 29 heavy (non-hydrogen) atoms. The zero-order valence-electron chi connectivity index (χ0n) is 15.4. The molecule has 0 fully saturated rings. The molecule has 2 aromatic heterocycles. The average molecular weight is 488 g/mol. The number of thiophene rings is 1. The smallest absolute Gasteiger partial charge is 0.253 e. The fourth-order valence-electron chi connectivity index (χ4n) is 3.00. The molecular weight excluding hydrogens is 470 g/mol. The Bertz CT molecular complexity index is 1170. The highest BCUT2D eigenvalue weighted by atomic mass is 79.9.